The fourth-order valence-electron chi connectivity index (χ4n) is 1.70. The normalized spacial score (nSPS) is 10.1. The van der Waals surface area contributed by atoms with Gasteiger partial charge >= 0.3 is 5.97 Å². The quantitative estimate of drug-likeness (QED) is 0.908. The molecule has 6 heteroatoms. The lowest BCUT2D eigenvalue weighted by atomic mass is 10.2. The molecule has 1 heterocycles. The number of nitrogens with one attached hydrogen (secondary N) is 1. The van der Waals surface area contributed by atoms with Gasteiger partial charge < -0.3 is 15.2 Å². The van der Waals surface area contributed by atoms with E-state index in [1.807, 2.05) is 0 Å². The van der Waals surface area contributed by atoms with Crippen LogP contribution in [0.15, 0.2) is 30.3 Å². The second-order valence-electron chi connectivity index (χ2n) is 4.09. The molecule has 0 saturated carbocycles. The standard InChI is InChI=1S/C14H13NO4S/c1-8-7-11(12(20-8)14(17)18)15-13(16)9-3-5-10(19-2)6-4-9/h3-7H,1-2H3,(H,15,16)(H,17,18). The zero-order chi connectivity index (χ0) is 14.7. The summed E-state index contributed by atoms with van der Waals surface area (Å²) in [6.45, 7) is 1.79. The van der Waals surface area contributed by atoms with Crippen molar-refractivity contribution in [1.82, 2.24) is 0 Å². The summed E-state index contributed by atoms with van der Waals surface area (Å²) >= 11 is 1.13. The van der Waals surface area contributed by atoms with E-state index in [-0.39, 0.29) is 10.8 Å². The largest absolute Gasteiger partial charge is 0.497 e. The zero-order valence-corrected chi connectivity index (χ0v) is 11.8. The molecule has 20 heavy (non-hydrogen) atoms. The third-order valence-corrected chi connectivity index (χ3v) is 3.69. The first kappa shape index (κ1) is 14.1. The highest BCUT2D eigenvalue weighted by Gasteiger charge is 2.16. The molecule has 1 aromatic carbocycles. The van der Waals surface area contributed by atoms with E-state index < -0.39 is 5.97 Å². The van der Waals surface area contributed by atoms with Gasteiger partial charge in [-0.15, -0.1) is 11.3 Å². The molecule has 0 bridgehead atoms. The predicted octanol–water partition coefficient (Wildman–Crippen LogP) is 3.02. The molecular formula is C14H13NO4S. The number of anilines is 1. The molecule has 0 aliphatic carbocycles. The van der Waals surface area contributed by atoms with Crippen molar-refractivity contribution in [2.45, 2.75) is 6.92 Å². The number of rotatable bonds is 4. The van der Waals surface area contributed by atoms with Gasteiger partial charge in [-0.1, -0.05) is 0 Å². The van der Waals surface area contributed by atoms with E-state index in [1.165, 1.54) is 0 Å². The molecule has 104 valence electrons. The molecule has 2 aromatic rings. The Kier molecular flexibility index (Phi) is 4.05. The van der Waals surface area contributed by atoms with Crippen molar-refractivity contribution >= 4 is 28.9 Å². The molecule has 1 aromatic heterocycles. The van der Waals surface area contributed by atoms with Crippen molar-refractivity contribution in [3.05, 3.63) is 45.6 Å². The highest BCUT2D eigenvalue weighted by Crippen LogP contribution is 2.27. The van der Waals surface area contributed by atoms with E-state index in [0.29, 0.717) is 17.0 Å². The number of carboxylic acids is 1. The summed E-state index contributed by atoms with van der Waals surface area (Å²) in [4.78, 5) is 24.1. The number of hydrogen-bond acceptors (Lipinski definition) is 4. The summed E-state index contributed by atoms with van der Waals surface area (Å²) in [5.41, 5.74) is 0.756. The number of hydrogen-bond donors (Lipinski definition) is 2. The topological polar surface area (TPSA) is 75.6 Å². The molecule has 0 aliphatic rings. The van der Waals surface area contributed by atoms with Crippen LogP contribution in [-0.4, -0.2) is 24.1 Å². The van der Waals surface area contributed by atoms with E-state index in [4.69, 9.17) is 9.84 Å². The average Bonchev–Trinajstić information content (AvgIpc) is 2.80. The Morgan fingerprint density at radius 3 is 2.45 bits per heavy atom. The Morgan fingerprint density at radius 1 is 1.25 bits per heavy atom. The van der Waals surface area contributed by atoms with Gasteiger partial charge in [-0.25, -0.2) is 4.79 Å². The molecule has 0 saturated heterocycles. The Hall–Kier alpha value is -2.34. The molecule has 0 spiro atoms. The molecular weight excluding hydrogens is 278 g/mol. The first-order valence-corrected chi connectivity index (χ1v) is 6.62. The molecule has 0 unspecified atom stereocenters. The van der Waals surface area contributed by atoms with Crippen LogP contribution in [0, 0.1) is 6.92 Å². The SMILES string of the molecule is COc1ccc(C(=O)Nc2cc(C)sc2C(=O)O)cc1. The maximum absolute atomic E-state index is 12.1. The number of carbonyl (C=O) groups excluding carboxylic acids is 1. The highest BCUT2D eigenvalue weighted by molar-refractivity contribution is 7.14. The van der Waals surface area contributed by atoms with E-state index in [9.17, 15) is 9.59 Å². The number of carboxylic acid groups (broad SMARTS) is 1. The van der Waals surface area contributed by atoms with Crippen LogP contribution >= 0.6 is 11.3 Å². The maximum atomic E-state index is 12.1. The Morgan fingerprint density at radius 2 is 1.90 bits per heavy atom. The zero-order valence-electron chi connectivity index (χ0n) is 11.0. The van der Waals surface area contributed by atoms with E-state index in [1.54, 1.807) is 44.4 Å². The number of aromatic carboxylic acids is 1. The van der Waals surface area contributed by atoms with Gasteiger partial charge in [0, 0.05) is 10.4 Å². The van der Waals surface area contributed by atoms with Crippen molar-refractivity contribution in [2.75, 3.05) is 12.4 Å². The lowest BCUT2D eigenvalue weighted by molar-refractivity contribution is 0.0703. The highest BCUT2D eigenvalue weighted by atomic mass is 32.1. The summed E-state index contributed by atoms with van der Waals surface area (Å²) in [6.07, 6.45) is 0. The third kappa shape index (κ3) is 2.97. The minimum absolute atomic E-state index is 0.129. The van der Waals surface area contributed by atoms with Gasteiger partial charge in [0.25, 0.3) is 5.91 Å². The van der Waals surface area contributed by atoms with Crippen LogP contribution in [0.25, 0.3) is 0 Å². The number of carbonyl (C=O) groups is 2. The molecule has 1 amide bonds. The van der Waals surface area contributed by atoms with Crippen LogP contribution < -0.4 is 10.1 Å². The maximum Gasteiger partial charge on any atom is 0.348 e. The van der Waals surface area contributed by atoms with Gasteiger partial charge in [-0.3, -0.25) is 4.79 Å². The molecule has 2 N–H and O–H groups in total. The van der Waals surface area contributed by atoms with Crippen LogP contribution in [0.1, 0.15) is 24.9 Å². The van der Waals surface area contributed by atoms with E-state index in [0.717, 1.165) is 16.2 Å². The van der Waals surface area contributed by atoms with Crippen molar-refractivity contribution in [1.29, 1.82) is 0 Å². The van der Waals surface area contributed by atoms with Crippen LogP contribution in [0.3, 0.4) is 0 Å². The van der Waals surface area contributed by atoms with E-state index >= 15 is 0 Å². The van der Waals surface area contributed by atoms with Gasteiger partial charge in [0.15, 0.2) is 0 Å². The summed E-state index contributed by atoms with van der Waals surface area (Å²) in [6, 6.07) is 8.23. The first-order valence-electron chi connectivity index (χ1n) is 5.80. The van der Waals surface area contributed by atoms with Gasteiger partial charge in [-0.05, 0) is 37.3 Å². The van der Waals surface area contributed by atoms with Crippen LogP contribution in [0.5, 0.6) is 5.75 Å². The summed E-state index contributed by atoms with van der Waals surface area (Å²) in [7, 11) is 1.54. The summed E-state index contributed by atoms with van der Waals surface area (Å²) in [5.74, 6) is -0.750. The second kappa shape index (κ2) is 5.75. The average molecular weight is 291 g/mol. The second-order valence-corrected chi connectivity index (χ2v) is 5.34. The van der Waals surface area contributed by atoms with E-state index in [2.05, 4.69) is 5.32 Å². The van der Waals surface area contributed by atoms with Gasteiger partial charge in [0.2, 0.25) is 0 Å². The van der Waals surface area contributed by atoms with Crippen LogP contribution in [0.2, 0.25) is 0 Å². The molecule has 0 atom stereocenters. The van der Waals surface area contributed by atoms with Gasteiger partial charge in [0.05, 0.1) is 12.8 Å². The predicted molar refractivity (Wildman–Crippen MR) is 77.0 cm³/mol. The number of thiophene rings is 1. The number of methoxy groups -OCH3 is 1. The van der Waals surface area contributed by atoms with Crippen molar-refractivity contribution in [2.24, 2.45) is 0 Å². The third-order valence-electron chi connectivity index (χ3n) is 2.65. The fraction of sp³-hybridized carbons (Fsp3) is 0.143. The lowest BCUT2D eigenvalue weighted by Gasteiger charge is -2.05. The number of amides is 1. The molecule has 0 fully saturated rings. The molecule has 2 rings (SSSR count). The smallest absolute Gasteiger partial charge is 0.348 e. The lowest BCUT2D eigenvalue weighted by Crippen LogP contribution is -2.13. The summed E-state index contributed by atoms with van der Waals surface area (Å²) in [5, 5.41) is 11.7. The summed E-state index contributed by atoms with van der Waals surface area (Å²) < 4.78 is 5.01. The number of benzene rings is 1. The fourth-order valence-corrected chi connectivity index (χ4v) is 2.51. The number of ether oxygens (including phenoxy) is 1. The Labute approximate surface area is 119 Å². The first-order chi connectivity index (χ1) is 9.51. The minimum Gasteiger partial charge on any atom is -0.497 e. The molecule has 0 radical (unpaired) electrons. The molecule has 5 nitrogen and oxygen atoms in total. The van der Waals surface area contributed by atoms with Crippen molar-refractivity contribution in [3.8, 4) is 5.75 Å². The van der Waals surface area contributed by atoms with Gasteiger partial charge in [0.1, 0.15) is 10.6 Å². The van der Waals surface area contributed by atoms with Crippen molar-refractivity contribution < 1.29 is 19.4 Å². The number of aryl methyl sites for hydroxylation is 1. The molecule has 0 aliphatic heterocycles. The Bertz CT molecular complexity index is 646. The van der Waals surface area contributed by atoms with Crippen LogP contribution in [-0.2, 0) is 0 Å². The van der Waals surface area contributed by atoms with Crippen LogP contribution in [0.4, 0.5) is 5.69 Å². The Balaban J connectivity index is 2.20. The van der Waals surface area contributed by atoms with Crippen molar-refractivity contribution in [3.63, 3.8) is 0 Å². The minimum atomic E-state index is -1.05. The van der Waals surface area contributed by atoms with Gasteiger partial charge in [-0.2, -0.15) is 0 Å². The monoisotopic (exact) mass is 291 g/mol.